The largest absolute Gasteiger partial charge is 0.334 e. The number of carbonyl (C=O) groups is 1. The van der Waals surface area contributed by atoms with Gasteiger partial charge in [-0.05, 0) is 18.8 Å². The number of nitrogens with zero attached hydrogens (tertiary/aromatic N) is 1. The van der Waals surface area contributed by atoms with E-state index in [1.807, 2.05) is 13.8 Å². The van der Waals surface area contributed by atoms with Crippen LogP contribution in [0.15, 0.2) is 0 Å². The van der Waals surface area contributed by atoms with E-state index in [9.17, 15) is 13.6 Å². The molecule has 0 N–H and O–H groups in total. The Morgan fingerprint density at radius 1 is 1.62 bits per heavy atom. The standard InChI is InChI=1S/C9H15F2NO/c1-3-7-4-6(2)5-12(7)9(13)8(10)11/h6-8H,3-5H2,1-2H3. The van der Waals surface area contributed by atoms with Crippen LogP contribution in [0, 0.1) is 5.92 Å². The number of amides is 1. The summed E-state index contributed by atoms with van der Waals surface area (Å²) in [6.45, 7) is 4.40. The molecule has 0 radical (unpaired) electrons. The maximum atomic E-state index is 12.1. The molecule has 1 fully saturated rings. The third kappa shape index (κ3) is 2.17. The van der Waals surface area contributed by atoms with E-state index >= 15 is 0 Å². The minimum Gasteiger partial charge on any atom is -0.334 e. The van der Waals surface area contributed by atoms with E-state index in [-0.39, 0.29) is 6.04 Å². The molecule has 1 rings (SSSR count). The first-order valence-corrected chi connectivity index (χ1v) is 4.64. The fourth-order valence-electron chi connectivity index (χ4n) is 1.93. The van der Waals surface area contributed by atoms with Gasteiger partial charge in [0.25, 0.3) is 5.91 Å². The molecule has 0 bridgehead atoms. The molecule has 2 unspecified atom stereocenters. The van der Waals surface area contributed by atoms with Crippen LogP contribution < -0.4 is 0 Å². The SMILES string of the molecule is CCC1CC(C)CN1C(=O)C(F)F. The van der Waals surface area contributed by atoms with Crippen molar-refractivity contribution < 1.29 is 13.6 Å². The van der Waals surface area contributed by atoms with Crippen molar-refractivity contribution in [2.24, 2.45) is 5.92 Å². The van der Waals surface area contributed by atoms with E-state index in [0.29, 0.717) is 12.5 Å². The number of carbonyl (C=O) groups excluding carboxylic acids is 1. The lowest BCUT2D eigenvalue weighted by atomic mass is 10.1. The van der Waals surface area contributed by atoms with Gasteiger partial charge in [-0.1, -0.05) is 13.8 Å². The quantitative estimate of drug-likeness (QED) is 0.652. The first kappa shape index (κ1) is 10.4. The van der Waals surface area contributed by atoms with Crippen LogP contribution in [0.1, 0.15) is 26.7 Å². The molecular weight excluding hydrogens is 176 g/mol. The molecule has 0 aromatic heterocycles. The number of hydrogen-bond donors (Lipinski definition) is 0. The van der Waals surface area contributed by atoms with Gasteiger partial charge in [0.05, 0.1) is 0 Å². The molecule has 0 spiro atoms. The Labute approximate surface area is 76.9 Å². The second-order valence-electron chi connectivity index (χ2n) is 3.69. The van der Waals surface area contributed by atoms with Crippen LogP contribution in [0.25, 0.3) is 0 Å². The second-order valence-corrected chi connectivity index (χ2v) is 3.69. The van der Waals surface area contributed by atoms with Crippen molar-refractivity contribution in [2.45, 2.75) is 39.2 Å². The summed E-state index contributed by atoms with van der Waals surface area (Å²) in [6.07, 6.45) is -1.23. The van der Waals surface area contributed by atoms with Gasteiger partial charge < -0.3 is 4.90 Å². The van der Waals surface area contributed by atoms with Crippen LogP contribution in [0.5, 0.6) is 0 Å². The molecule has 1 amide bonds. The fourth-order valence-corrected chi connectivity index (χ4v) is 1.93. The molecular formula is C9H15F2NO. The van der Waals surface area contributed by atoms with Gasteiger partial charge in [0.15, 0.2) is 0 Å². The molecule has 4 heteroatoms. The summed E-state index contributed by atoms with van der Waals surface area (Å²) in [5, 5.41) is 0. The normalized spacial score (nSPS) is 28.5. The molecule has 0 aromatic carbocycles. The lowest BCUT2D eigenvalue weighted by Crippen LogP contribution is -2.39. The number of alkyl halides is 2. The lowest BCUT2D eigenvalue weighted by molar-refractivity contribution is -0.143. The van der Waals surface area contributed by atoms with Crippen molar-refractivity contribution in [1.29, 1.82) is 0 Å². The first-order chi connectivity index (χ1) is 6.06. The van der Waals surface area contributed by atoms with E-state index in [4.69, 9.17) is 0 Å². The Morgan fingerprint density at radius 3 is 2.69 bits per heavy atom. The summed E-state index contributed by atoms with van der Waals surface area (Å²) < 4.78 is 24.3. The maximum absolute atomic E-state index is 12.1. The van der Waals surface area contributed by atoms with Crippen LogP contribution in [0.2, 0.25) is 0 Å². The highest BCUT2D eigenvalue weighted by Gasteiger charge is 2.35. The monoisotopic (exact) mass is 191 g/mol. The minimum absolute atomic E-state index is 0.0245. The molecule has 2 nitrogen and oxygen atoms in total. The number of hydrogen-bond acceptors (Lipinski definition) is 1. The van der Waals surface area contributed by atoms with E-state index < -0.39 is 12.3 Å². The highest BCUT2D eigenvalue weighted by atomic mass is 19.3. The van der Waals surface area contributed by atoms with Crippen molar-refractivity contribution in [3.8, 4) is 0 Å². The third-order valence-electron chi connectivity index (χ3n) is 2.56. The van der Waals surface area contributed by atoms with Gasteiger partial charge >= 0.3 is 6.43 Å². The van der Waals surface area contributed by atoms with Crippen molar-refractivity contribution in [3.05, 3.63) is 0 Å². The molecule has 2 atom stereocenters. The molecule has 0 aromatic rings. The average Bonchev–Trinajstić information content (AvgIpc) is 2.45. The van der Waals surface area contributed by atoms with Crippen LogP contribution in [-0.4, -0.2) is 29.8 Å². The number of likely N-dealkylation sites (tertiary alicyclic amines) is 1. The summed E-state index contributed by atoms with van der Waals surface area (Å²) in [7, 11) is 0. The summed E-state index contributed by atoms with van der Waals surface area (Å²) in [4.78, 5) is 12.4. The zero-order valence-corrected chi connectivity index (χ0v) is 7.96. The number of halogens is 2. The second kappa shape index (κ2) is 4.03. The zero-order chi connectivity index (χ0) is 10.0. The van der Waals surface area contributed by atoms with Gasteiger partial charge in [-0.25, -0.2) is 0 Å². The van der Waals surface area contributed by atoms with E-state index in [1.54, 1.807) is 0 Å². The third-order valence-corrected chi connectivity index (χ3v) is 2.56. The molecule has 1 aliphatic rings. The van der Waals surface area contributed by atoms with Crippen LogP contribution in [0.3, 0.4) is 0 Å². The van der Waals surface area contributed by atoms with Gasteiger partial charge in [-0.2, -0.15) is 8.78 Å². The molecule has 1 saturated heterocycles. The topological polar surface area (TPSA) is 20.3 Å². The minimum atomic E-state index is -2.85. The Morgan fingerprint density at radius 2 is 2.23 bits per heavy atom. The smallest absolute Gasteiger partial charge is 0.315 e. The Bertz CT molecular complexity index is 196. The van der Waals surface area contributed by atoms with E-state index in [2.05, 4.69) is 0 Å². The number of rotatable bonds is 2. The summed E-state index contributed by atoms with van der Waals surface area (Å²) >= 11 is 0. The fraction of sp³-hybridized carbons (Fsp3) is 0.889. The maximum Gasteiger partial charge on any atom is 0.315 e. The molecule has 1 heterocycles. The van der Waals surface area contributed by atoms with Crippen molar-refractivity contribution in [3.63, 3.8) is 0 Å². The summed E-state index contributed by atoms with van der Waals surface area (Å²) in [5.74, 6) is -0.649. The van der Waals surface area contributed by atoms with Gasteiger partial charge in [0.1, 0.15) is 0 Å². The Hall–Kier alpha value is -0.670. The zero-order valence-electron chi connectivity index (χ0n) is 7.96. The Balaban J connectivity index is 2.62. The van der Waals surface area contributed by atoms with Crippen molar-refractivity contribution in [2.75, 3.05) is 6.54 Å². The lowest BCUT2D eigenvalue weighted by Gasteiger charge is -2.22. The predicted octanol–water partition coefficient (Wildman–Crippen LogP) is 1.90. The van der Waals surface area contributed by atoms with Crippen LogP contribution in [-0.2, 0) is 4.79 Å². The van der Waals surface area contributed by atoms with Crippen molar-refractivity contribution >= 4 is 5.91 Å². The van der Waals surface area contributed by atoms with Crippen LogP contribution in [0.4, 0.5) is 8.78 Å². The summed E-state index contributed by atoms with van der Waals surface area (Å²) in [6, 6.07) is 0.0245. The average molecular weight is 191 g/mol. The van der Waals surface area contributed by atoms with Gasteiger partial charge in [-0.15, -0.1) is 0 Å². The van der Waals surface area contributed by atoms with Gasteiger partial charge in [0.2, 0.25) is 0 Å². The molecule has 1 aliphatic heterocycles. The molecule has 76 valence electrons. The highest BCUT2D eigenvalue weighted by Crippen LogP contribution is 2.25. The van der Waals surface area contributed by atoms with Gasteiger partial charge in [-0.3, -0.25) is 4.79 Å². The van der Waals surface area contributed by atoms with Crippen LogP contribution >= 0.6 is 0 Å². The van der Waals surface area contributed by atoms with Crippen molar-refractivity contribution in [1.82, 2.24) is 4.90 Å². The van der Waals surface area contributed by atoms with E-state index in [0.717, 1.165) is 12.8 Å². The molecule has 13 heavy (non-hydrogen) atoms. The van der Waals surface area contributed by atoms with E-state index in [1.165, 1.54) is 4.90 Å². The Kier molecular flexibility index (Phi) is 3.22. The van der Waals surface area contributed by atoms with Gasteiger partial charge in [0, 0.05) is 12.6 Å². The molecule has 0 aliphatic carbocycles. The highest BCUT2D eigenvalue weighted by molar-refractivity contribution is 5.79. The summed E-state index contributed by atoms with van der Waals surface area (Å²) in [5.41, 5.74) is 0. The first-order valence-electron chi connectivity index (χ1n) is 4.64. The predicted molar refractivity (Wildman–Crippen MR) is 45.6 cm³/mol. The molecule has 0 saturated carbocycles.